The van der Waals surface area contributed by atoms with Crippen LogP contribution >= 0.6 is 15.9 Å². The maximum Gasteiger partial charge on any atom is 0.203 e. The molecule has 0 saturated carbocycles. The molecule has 0 aromatic heterocycles. The lowest BCUT2D eigenvalue weighted by atomic mass is 10.2. The number of nitrogens with one attached hydrogen (secondary N) is 2. The number of aliphatic imine (C=N–C) groups is 1. The van der Waals surface area contributed by atoms with Gasteiger partial charge < -0.3 is 24.8 Å². The Morgan fingerprint density at radius 1 is 0.963 bits per heavy atom. The van der Waals surface area contributed by atoms with E-state index in [1.807, 2.05) is 31.2 Å². The van der Waals surface area contributed by atoms with Gasteiger partial charge in [-0.2, -0.15) is 0 Å². The van der Waals surface area contributed by atoms with Crippen LogP contribution in [0.5, 0.6) is 17.2 Å². The van der Waals surface area contributed by atoms with Gasteiger partial charge in [0.05, 0.1) is 27.9 Å². The van der Waals surface area contributed by atoms with Crippen molar-refractivity contribution in [1.29, 1.82) is 0 Å². The van der Waals surface area contributed by atoms with Gasteiger partial charge in [0.25, 0.3) is 0 Å². The zero-order valence-electron chi connectivity index (χ0n) is 16.1. The smallest absolute Gasteiger partial charge is 0.203 e. The van der Waals surface area contributed by atoms with Crippen molar-refractivity contribution in [2.75, 3.05) is 27.9 Å². The minimum atomic E-state index is 0.477. The van der Waals surface area contributed by atoms with Crippen molar-refractivity contribution in [2.24, 2.45) is 4.99 Å². The maximum absolute atomic E-state index is 5.40. The summed E-state index contributed by atoms with van der Waals surface area (Å²) in [6.45, 7) is 3.97. The number of halogens is 1. The summed E-state index contributed by atoms with van der Waals surface area (Å²) in [4.78, 5) is 4.66. The quantitative estimate of drug-likeness (QED) is 0.488. The van der Waals surface area contributed by atoms with Gasteiger partial charge in [-0.3, -0.25) is 0 Å². The summed E-state index contributed by atoms with van der Waals surface area (Å²) >= 11 is 3.49. The predicted molar refractivity (Wildman–Crippen MR) is 112 cm³/mol. The Morgan fingerprint density at radius 3 is 2.22 bits per heavy atom. The monoisotopic (exact) mass is 435 g/mol. The fourth-order valence-electron chi connectivity index (χ4n) is 2.57. The van der Waals surface area contributed by atoms with Crippen LogP contribution in [0.2, 0.25) is 0 Å². The molecule has 0 spiro atoms. The van der Waals surface area contributed by atoms with Gasteiger partial charge in [-0.15, -0.1) is 0 Å². The van der Waals surface area contributed by atoms with Gasteiger partial charge in [0, 0.05) is 17.6 Å². The molecule has 2 rings (SSSR count). The van der Waals surface area contributed by atoms with Gasteiger partial charge in [0.2, 0.25) is 5.75 Å². The van der Waals surface area contributed by atoms with Crippen LogP contribution in [0, 0.1) is 0 Å². The molecule has 0 heterocycles. The molecule has 27 heavy (non-hydrogen) atoms. The van der Waals surface area contributed by atoms with Gasteiger partial charge in [-0.05, 0) is 42.3 Å². The first-order chi connectivity index (χ1) is 13.1. The zero-order chi connectivity index (χ0) is 19.6. The molecular weight excluding hydrogens is 410 g/mol. The number of nitrogens with zero attached hydrogens (tertiary/aromatic N) is 1. The molecule has 2 aromatic rings. The van der Waals surface area contributed by atoms with Crippen LogP contribution < -0.4 is 24.8 Å². The van der Waals surface area contributed by atoms with Crippen molar-refractivity contribution in [2.45, 2.75) is 20.0 Å². The minimum Gasteiger partial charge on any atom is -0.493 e. The van der Waals surface area contributed by atoms with Gasteiger partial charge >= 0.3 is 0 Å². The van der Waals surface area contributed by atoms with Crippen LogP contribution in [0.4, 0.5) is 0 Å². The number of ether oxygens (including phenoxy) is 3. The molecule has 2 aromatic carbocycles. The Labute approximate surface area is 169 Å². The summed E-state index contributed by atoms with van der Waals surface area (Å²) in [5, 5.41) is 6.60. The number of benzene rings is 2. The zero-order valence-corrected chi connectivity index (χ0v) is 17.7. The third kappa shape index (κ3) is 6.06. The van der Waals surface area contributed by atoms with Crippen molar-refractivity contribution in [3.05, 3.63) is 52.0 Å². The summed E-state index contributed by atoms with van der Waals surface area (Å²) in [7, 11) is 4.80. The second-order valence-corrected chi connectivity index (χ2v) is 6.63. The molecule has 0 aliphatic heterocycles. The fourth-order valence-corrected chi connectivity index (χ4v) is 3.02. The molecule has 0 fully saturated rings. The first kappa shape index (κ1) is 20.9. The number of rotatable bonds is 8. The highest BCUT2D eigenvalue weighted by molar-refractivity contribution is 9.10. The lowest BCUT2D eigenvalue weighted by Crippen LogP contribution is -2.36. The molecule has 0 amide bonds. The van der Waals surface area contributed by atoms with Gasteiger partial charge in [-0.1, -0.05) is 28.1 Å². The first-order valence-corrected chi connectivity index (χ1v) is 9.46. The van der Waals surface area contributed by atoms with Crippen LogP contribution in [0.15, 0.2) is 45.9 Å². The van der Waals surface area contributed by atoms with Crippen molar-refractivity contribution >= 4 is 21.9 Å². The molecular formula is C20H26BrN3O3. The third-order valence-corrected chi connectivity index (χ3v) is 4.33. The summed E-state index contributed by atoms with van der Waals surface area (Å²) in [6.07, 6.45) is 0. The molecule has 146 valence electrons. The molecule has 0 saturated heterocycles. The molecule has 0 aliphatic rings. The Hall–Kier alpha value is -2.41. The molecule has 6 nitrogen and oxygen atoms in total. The van der Waals surface area contributed by atoms with Crippen LogP contribution in [0.25, 0.3) is 0 Å². The summed E-state index contributed by atoms with van der Waals surface area (Å²) in [5.74, 6) is 2.56. The number of guanidine groups is 1. The number of hydrogen-bond donors (Lipinski definition) is 2. The second kappa shape index (κ2) is 10.7. The summed E-state index contributed by atoms with van der Waals surface area (Å²) < 4.78 is 17.2. The Balaban J connectivity index is 2.13. The lowest BCUT2D eigenvalue weighted by Gasteiger charge is -2.14. The highest BCUT2D eigenvalue weighted by Crippen LogP contribution is 2.38. The Kier molecular flexibility index (Phi) is 8.26. The average Bonchev–Trinajstić information content (AvgIpc) is 2.69. The molecule has 0 radical (unpaired) electrons. The SMILES string of the molecule is CCNC(=NCc1cc(OC)c(OC)c(OC)c1)NCc1cccc(Br)c1. The summed E-state index contributed by atoms with van der Waals surface area (Å²) in [5.41, 5.74) is 2.13. The van der Waals surface area contributed by atoms with E-state index in [9.17, 15) is 0 Å². The predicted octanol–water partition coefficient (Wildman–Crippen LogP) is 3.73. The molecule has 2 N–H and O–H groups in total. The van der Waals surface area contributed by atoms with Crippen LogP contribution in [-0.4, -0.2) is 33.8 Å². The second-order valence-electron chi connectivity index (χ2n) is 5.71. The largest absolute Gasteiger partial charge is 0.493 e. The van der Waals surface area contributed by atoms with Gasteiger partial charge in [0.1, 0.15) is 0 Å². The topological polar surface area (TPSA) is 64.1 Å². The normalized spacial score (nSPS) is 11.1. The minimum absolute atomic E-state index is 0.477. The van der Waals surface area contributed by atoms with E-state index in [0.717, 1.165) is 22.5 Å². The molecule has 0 aliphatic carbocycles. The average molecular weight is 436 g/mol. The van der Waals surface area contributed by atoms with Crippen LogP contribution in [-0.2, 0) is 13.1 Å². The highest BCUT2D eigenvalue weighted by Gasteiger charge is 2.13. The van der Waals surface area contributed by atoms with E-state index in [1.54, 1.807) is 21.3 Å². The summed E-state index contributed by atoms with van der Waals surface area (Å²) in [6, 6.07) is 12.0. The number of methoxy groups -OCH3 is 3. The molecule has 0 unspecified atom stereocenters. The van der Waals surface area contributed by atoms with Crippen molar-refractivity contribution in [3.8, 4) is 17.2 Å². The van der Waals surface area contributed by atoms with Crippen LogP contribution in [0.1, 0.15) is 18.1 Å². The number of hydrogen-bond acceptors (Lipinski definition) is 4. The Morgan fingerprint density at radius 2 is 1.67 bits per heavy atom. The van der Waals surface area contributed by atoms with E-state index in [-0.39, 0.29) is 0 Å². The van der Waals surface area contributed by atoms with Crippen molar-refractivity contribution in [1.82, 2.24) is 10.6 Å². The molecule has 0 bridgehead atoms. The van der Waals surface area contributed by atoms with E-state index >= 15 is 0 Å². The van der Waals surface area contributed by atoms with E-state index < -0.39 is 0 Å². The van der Waals surface area contributed by atoms with Crippen LogP contribution in [0.3, 0.4) is 0 Å². The molecule has 7 heteroatoms. The van der Waals surface area contributed by atoms with E-state index in [0.29, 0.717) is 30.3 Å². The van der Waals surface area contributed by atoms with E-state index in [4.69, 9.17) is 14.2 Å². The fraction of sp³-hybridized carbons (Fsp3) is 0.350. The highest BCUT2D eigenvalue weighted by atomic mass is 79.9. The first-order valence-electron chi connectivity index (χ1n) is 8.66. The molecule has 0 atom stereocenters. The Bertz CT molecular complexity index is 756. The van der Waals surface area contributed by atoms with Crippen molar-refractivity contribution in [3.63, 3.8) is 0 Å². The standard InChI is InChI=1S/C20H26BrN3O3/c1-5-22-20(23-12-14-7-6-8-16(21)9-14)24-13-15-10-17(25-2)19(27-4)18(11-15)26-3/h6-11H,5,12-13H2,1-4H3,(H2,22,23,24). The lowest BCUT2D eigenvalue weighted by molar-refractivity contribution is 0.324. The van der Waals surface area contributed by atoms with Gasteiger partial charge in [-0.25, -0.2) is 4.99 Å². The van der Waals surface area contributed by atoms with Gasteiger partial charge in [0.15, 0.2) is 17.5 Å². The maximum atomic E-state index is 5.40. The van der Waals surface area contributed by atoms with E-state index in [2.05, 4.69) is 43.7 Å². The van der Waals surface area contributed by atoms with Crippen molar-refractivity contribution < 1.29 is 14.2 Å². The van der Waals surface area contributed by atoms with E-state index in [1.165, 1.54) is 5.56 Å². The third-order valence-electron chi connectivity index (χ3n) is 3.84.